The van der Waals surface area contributed by atoms with Crippen LogP contribution < -0.4 is 0 Å². The summed E-state index contributed by atoms with van der Waals surface area (Å²) in [7, 11) is 2.01. The molecule has 0 unspecified atom stereocenters. The van der Waals surface area contributed by atoms with Crippen LogP contribution in [0.1, 0.15) is 30.3 Å². The van der Waals surface area contributed by atoms with Crippen LogP contribution in [0.15, 0.2) is 35.7 Å². The predicted molar refractivity (Wildman–Crippen MR) is 109 cm³/mol. The molecule has 0 saturated carbocycles. The summed E-state index contributed by atoms with van der Waals surface area (Å²) in [5.74, 6) is -0.323. The molecule has 2 aromatic heterocycles. The number of carbonyl (C=O) groups is 2. The predicted octanol–water partition coefficient (Wildman–Crippen LogP) is 3.72. The molecule has 1 saturated heterocycles. The van der Waals surface area contributed by atoms with Gasteiger partial charge >= 0.3 is 5.97 Å². The number of fused-ring (bicyclic) bond motifs is 1. The van der Waals surface area contributed by atoms with Crippen LogP contribution in [0.2, 0.25) is 0 Å². The number of ether oxygens (including phenoxy) is 1. The maximum atomic E-state index is 12.9. The number of piperidine rings is 1. The normalized spacial score (nSPS) is 15.1. The minimum absolute atomic E-state index is 0.0661. The van der Waals surface area contributed by atoms with Crippen molar-refractivity contribution in [2.45, 2.75) is 19.8 Å². The van der Waals surface area contributed by atoms with Gasteiger partial charge in [-0.05, 0) is 31.9 Å². The molecule has 7 heteroatoms. The van der Waals surface area contributed by atoms with E-state index in [1.807, 2.05) is 31.5 Å². The van der Waals surface area contributed by atoms with Crippen LogP contribution >= 0.6 is 11.3 Å². The number of aromatic nitrogens is 2. The molecule has 0 spiro atoms. The Morgan fingerprint density at radius 3 is 2.71 bits per heavy atom. The van der Waals surface area contributed by atoms with E-state index in [4.69, 9.17) is 4.74 Å². The Bertz CT molecular complexity index is 1020. The highest BCUT2D eigenvalue weighted by Crippen LogP contribution is 2.30. The molecule has 0 aliphatic carbocycles. The maximum Gasteiger partial charge on any atom is 0.309 e. The lowest BCUT2D eigenvalue weighted by molar-refractivity contribution is -0.149. The van der Waals surface area contributed by atoms with Crippen LogP contribution in [0.25, 0.3) is 21.6 Å². The van der Waals surface area contributed by atoms with Crippen molar-refractivity contribution in [3.8, 4) is 10.7 Å². The molecule has 4 rings (SSSR count). The second-order valence-corrected chi connectivity index (χ2v) is 7.86. The molecule has 3 aromatic rings. The maximum absolute atomic E-state index is 12.9. The van der Waals surface area contributed by atoms with Crippen LogP contribution in [0.5, 0.6) is 0 Å². The van der Waals surface area contributed by atoms with Crippen LogP contribution in [0.4, 0.5) is 0 Å². The lowest BCUT2D eigenvalue weighted by Gasteiger charge is -2.30. The average molecular weight is 398 g/mol. The molecule has 0 N–H and O–H groups in total. The number of hydrogen-bond donors (Lipinski definition) is 0. The number of carbonyl (C=O) groups excluding carboxylic acids is 2. The van der Waals surface area contributed by atoms with Gasteiger partial charge in [-0.25, -0.2) is 4.98 Å². The first-order chi connectivity index (χ1) is 13.6. The van der Waals surface area contributed by atoms with Crippen molar-refractivity contribution in [3.05, 3.63) is 41.4 Å². The lowest BCUT2D eigenvalue weighted by atomic mass is 9.97. The van der Waals surface area contributed by atoms with Crippen molar-refractivity contribution in [1.29, 1.82) is 0 Å². The van der Waals surface area contributed by atoms with E-state index in [0.29, 0.717) is 38.2 Å². The first-order valence-corrected chi connectivity index (χ1v) is 10.4. The molecule has 6 nitrogen and oxygen atoms in total. The molecular formula is C21H23N3O3S. The number of hydrogen-bond acceptors (Lipinski definition) is 5. The number of amides is 1. The number of likely N-dealkylation sites (tertiary alicyclic amines) is 1. The minimum atomic E-state index is -0.152. The van der Waals surface area contributed by atoms with E-state index in [9.17, 15) is 9.59 Å². The fraction of sp³-hybridized carbons (Fsp3) is 0.381. The van der Waals surface area contributed by atoms with Gasteiger partial charge in [0.15, 0.2) is 0 Å². The number of benzene rings is 1. The summed E-state index contributed by atoms with van der Waals surface area (Å²) >= 11 is 1.48. The zero-order chi connectivity index (χ0) is 19.7. The summed E-state index contributed by atoms with van der Waals surface area (Å²) in [6.07, 6.45) is 1.29. The van der Waals surface area contributed by atoms with Gasteiger partial charge in [-0.3, -0.25) is 9.59 Å². The van der Waals surface area contributed by atoms with Crippen LogP contribution in [0, 0.1) is 5.92 Å². The van der Waals surface area contributed by atoms with E-state index < -0.39 is 0 Å². The molecule has 1 aromatic carbocycles. The zero-order valence-electron chi connectivity index (χ0n) is 16.1. The summed E-state index contributed by atoms with van der Waals surface area (Å²) < 4.78 is 7.20. The van der Waals surface area contributed by atoms with E-state index in [1.54, 1.807) is 4.90 Å². The average Bonchev–Trinajstić information content (AvgIpc) is 3.33. The SMILES string of the molecule is CCOC(=O)C1CCN(C(=O)c2csc(-c3cc4ccccc4n3C)n2)CC1. The molecule has 0 radical (unpaired) electrons. The van der Waals surface area contributed by atoms with Crippen LogP contribution in [0.3, 0.4) is 0 Å². The third kappa shape index (κ3) is 3.42. The zero-order valence-corrected chi connectivity index (χ0v) is 16.9. The van der Waals surface area contributed by atoms with Gasteiger partial charge in [0.05, 0.1) is 18.2 Å². The monoisotopic (exact) mass is 397 g/mol. The molecule has 28 heavy (non-hydrogen) atoms. The number of aryl methyl sites for hydroxylation is 1. The first kappa shape index (κ1) is 18.7. The van der Waals surface area contributed by atoms with Gasteiger partial charge in [-0.1, -0.05) is 18.2 Å². The number of rotatable bonds is 4. The van der Waals surface area contributed by atoms with E-state index in [2.05, 4.69) is 27.8 Å². The largest absolute Gasteiger partial charge is 0.466 e. The third-order valence-electron chi connectivity index (χ3n) is 5.30. The molecule has 1 aliphatic heterocycles. The van der Waals surface area contributed by atoms with E-state index in [1.165, 1.54) is 11.3 Å². The number of nitrogens with zero attached hydrogens (tertiary/aromatic N) is 3. The van der Waals surface area contributed by atoms with Crippen molar-refractivity contribution in [2.75, 3.05) is 19.7 Å². The van der Waals surface area contributed by atoms with Gasteiger partial charge in [0.25, 0.3) is 5.91 Å². The van der Waals surface area contributed by atoms with Crippen molar-refractivity contribution in [1.82, 2.24) is 14.5 Å². The quantitative estimate of drug-likeness (QED) is 0.630. The van der Waals surface area contributed by atoms with Gasteiger partial charge in [0.2, 0.25) is 0 Å². The van der Waals surface area contributed by atoms with Gasteiger partial charge < -0.3 is 14.2 Å². The lowest BCUT2D eigenvalue weighted by Crippen LogP contribution is -2.40. The van der Waals surface area contributed by atoms with Crippen molar-refractivity contribution < 1.29 is 14.3 Å². The summed E-state index contributed by atoms with van der Waals surface area (Å²) in [4.78, 5) is 31.1. The standard InChI is InChI=1S/C21H23N3O3S/c1-3-27-21(26)14-8-10-24(11-9-14)20(25)16-13-28-19(22-16)18-12-15-6-4-5-7-17(15)23(18)2/h4-7,12-14H,3,8-11H2,1-2H3. The summed E-state index contributed by atoms with van der Waals surface area (Å²) in [5, 5.41) is 3.82. The molecule has 146 valence electrons. The third-order valence-corrected chi connectivity index (χ3v) is 6.16. The van der Waals surface area contributed by atoms with Gasteiger partial charge in [0, 0.05) is 36.4 Å². The summed E-state index contributed by atoms with van der Waals surface area (Å²) in [6.45, 7) is 3.33. The summed E-state index contributed by atoms with van der Waals surface area (Å²) in [6, 6.07) is 10.3. The van der Waals surface area contributed by atoms with Gasteiger partial charge in [-0.2, -0.15) is 0 Å². The Hall–Kier alpha value is -2.67. The van der Waals surface area contributed by atoms with Gasteiger partial charge in [-0.15, -0.1) is 11.3 Å². The molecule has 1 fully saturated rings. The Balaban J connectivity index is 1.48. The van der Waals surface area contributed by atoms with Crippen LogP contribution in [-0.2, 0) is 16.6 Å². The fourth-order valence-corrected chi connectivity index (χ4v) is 4.57. The topological polar surface area (TPSA) is 64.4 Å². The second-order valence-electron chi connectivity index (χ2n) is 7.00. The van der Waals surface area contributed by atoms with Gasteiger partial charge in [0.1, 0.15) is 10.7 Å². The highest BCUT2D eigenvalue weighted by atomic mass is 32.1. The van der Waals surface area contributed by atoms with Crippen molar-refractivity contribution >= 4 is 34.1 Å². The molecule has 0 atom stereocenters. The molecular weight excluding hydrogens is 374 g/mol. The highest BCUT2D eigenvalue weighted by molar-refractivity contribution is 7.13. The Labute approximate surface area is 167 Å². The Kier molecular flexibility index (Phi) is 5.17. The number of para-hydroxylation sites is 1. The Morgan fingerprint density at radius 1 is 1.25 bits per heavy atom. The van der Waals surface area contributed by atoms with E-state index >= 15 is 0 Å². The summed E-state index contributed by atoms with van der Waals surface area (Å²) in [5.41, 5.74) is 2.62. The molecule has 1 amide bonds. The number of esters is 1. The van der Waals surface area contributed by atoms with Crippen molar-refractivity contribution in [2.24, 2.45) is 13.0 Å². The van der Waals surface area contributed by atoms with E-state index in [0.717, 1.165) is 21.6 Å². The highest BCUT2D eigenvalue weighted by Gasteiger charge is 2.29. The second kappa shape index (κ2) is 7.75. The first-order valence-electron chi connectivity index (χ1n) is 9.54. The molecule has 3 heterocycles. The minimum Gasteiger partial charge on any atom is -0.466 e. The van der Waals surface area contributed by atoms with E-state index in [-0.39, 0.29) is 17.8 Å². The van der Waals surface area contributed by atoms with Crippen molar-refractivity contribution in [3.63, 3.8) is 0 Å². The fourth-order valence-electron chi connectivity index (χ4n) is 3.72. The Morgan fingerprint density at radius 2 is 2.00 bits per heavy atom. The number of thiazole rings is 1. The molecule has 1 aliphatic rings. The molecule has 0 bridgehead atoms. The smallest absolute Gasteiger partial charge is 0.309 e. The van der Waals surface area contributed by atoms with Crippen LogP contribution in [-0.4, -0.2) is 46.0 Å².